The lowest BCUT2D eigenvalue weighted by molar-refractivity contribution is 0.602. The monoisotopic (exact) mass is 289 g/mol. The summed E-state index contributed by atoms with van der Waals surface area (Å²) in [6.07, 6.45) is 2.15. The number of anilines is 1. The summed E-state index contributed by atoms with van der Waals surface area (Å²) in [6, 6.07) is 17.3. The van der Waals surface area contributed by atoms with E-state index < -0.39 is 9.84 Å². The van der Waals surface area contributed by atoms with Gasteiger partial charge in [0, 0.05) is 11.9 Å². The van der Waals surface area contributed by atoms with E-state index in [1.165, 1.54) is 11.8 Å². The fraction of sp³-hybridized carbons (Fsp3) is 0.250. The van der Waals surface area contributed by atoms with Crippen molar-refractivity contribution in [3.8, 4) is 0 Å². The molecule has 0 fully saturated rings. The summed E-state index contributed by atoms with van der Waals surface area (Å²) in [4.78, 5) is 0.338. The summed E-state index contributed by atoms with van der Waals surface area (Å²) < 4.78 is 23.2. The van der Waals surface area contributed by atoms with Crippen LogP contribution < -0.4 is 5.32 Å². The van der Waals surface area contributed by atoms with Gasteiger partial charge in [0.1, 0.15) is 0 Å². The van der Waals surface area contributed by atoms with Crippen molar-refractivity contribution in [2.75, 3.05) is 11.6 Å². The third kappa shape index (κ3) is 3.61. The number of sulfone groups is 1. The summed E-state index contributed by atoms with van der Waals surface area (Å²) in [6.45, 7) is 2.10. The fourth-order valence-electron chi connectivity index (χ4n) is 2.12. The van der Waals surface area contributed by atoms with Gasteiger partial charge in [0.05, 0.1) is 10.9 Å². The molecule has 0 radical (unpaired) electrons. The Kier molecular flexibility index (Phi) is 4.45. The Hall–Kier alpha value is -1.81. The molecule has 0 bridgehead atoms. The summed E-state index contributed by atoms with van der Waals surface area (Å²) in [5.41, 5.74) is 2.02. The molecule has 0 aliphatic rings. The van der Waals surface area contributed by atoms with E-state index in [2.05, 4.69) is 24.4 Å². The first-order valence-electron chi connectivity index (χ1n) is 6.62. The van der Waals surface area contributed by atoms with Gasteiger partial charge < -0.3 is 5.32 Å². The third-order valence-electron chi connectivity index (χ3n) is 3.21. The van der Waals surface area contributed by atoms with E-state index in [1.807, 2.05) is 24.3 Å². The van der Waals surface area contributed by atoms with Crippen LogP contribution in [0.1, 0.15) is 24.9 Å². The Labute approximate surface area is 120 Å². The van der Waals surface area contributed by atoms with Crippen molar-refractivity contribution in [1.82, 2.24) is 0 Å². The first-order valence-corrected chi connectivity index (χ1v) is 8.51. The second kappa shape index (κ2) is 6.09. The molecule has 2 aromatic rings. The minimum absolute atomic E-state index is 0.172. The van der Waals surface area contributed by atoms with Gasteiger partial charge in [-0.2, -0.15) is 0 Å². The molecule has 0 aromatic heterocycles. The molecule has 0 spiro atoms. The van der Waals surface area contributed by atoms with Crippen molar-refractivity contribution in [2.24, 2.45) is 0 Å². The van der Waals surface area contributed by atoms with Crippen molar-refractivity contribution in [2.45, 2.75) is 24.3 Å². The van der Waals surface area contributed by atoms with Gasteiger partial charge in [0.2, 0.25) is 0 Å². The molecule has 0 saturated carbocycles. The van der Waals surface area contributed by atoms with Crippen LogP contribution in [-0.2, 0) is 9.84 Å². The standard InChI is InChI=1S/C16H19NO2S/c1-3-16(13-8-5-4-6-9-13)17-14-10-7-11-15(12-14)20(2,18)19/h4-12,16-17H,3H2,1-2H3. The topological polar surface area (TPSA) is 46.2 Å². The van der Waals surface area contributed by atoms with E-state index in [4.69, 9.17) is 0 Å². The molecule has 1 N–H and O–H groups in total. The summed E-state index contributed by atoms with van der Waals surface area (Å²) in [7, 11) is -3.17. The Morgan fingerprint density at radius 3 is 2.35 bits per heavy atom. The van der Waals surface area contributed by atoms with Gasteiger partial charge in [0.15, 0.2) is 9.84 Å². The second-order valence-corrected chi connectivity index (χ2v) is 6.83. The lowest BCUT2D eigenvalue weighted by atomic mass is 10.0. The lowest BCUT2D eigenvalue weighted by Gasteiger charge is -2.19. The minimum Gasteiger partial charge on any atom is -0.378 e. The van der Waals surface area contributed by atoms with E-state index in [1.54, 1.807) is 18.2 Å². The lowest BCUT2D eigenvalue weighted by Crippen LogP contribution is -2.10. The Morgan fingerprint density at radius 2 is 1.75 bits per heavy atom. The molecule has 0 amide bonds. The highest BCUT2D eigenvalue weighted by Gasteiger charge is 2.11. The van der Waals surface area contributed by atoms with E-state index in [9.17, 15) is 8.42 Å². The summed E-state index contributed by atoms with van der Waals surface area (Å²) in [5, 5.41) is 3.39. The fourth-order valence-corrected chi connectivity index (χ4v) is 2.79. The number of rotatable bonds is 5. The maximum absolute atomic E-state index is 11.6. The molecular weight excluding hydrogens is 270 g/mol. The smallest absolute Gasteiger partial charge is 0.175 e. The molecule has 0 aliphatic carbocycles. The van der Waals surface area contributed by atoms with Crippen molar-refractivity contribution >= 4 is 15.5 Å². The van der Waals surface area contributed by atoms with E-state index >= 15 is 0 Å². The first kappa shape index (κ1) is 14.6. The number of benzene rings is 2. The van der Waals surface area contributed by atoms with Crippen LogP contribution in [0.15, 0.2) is 59.5 Å². The quantitative estimate of drug-likeness (QED) is 0.914. The van der Waals surface area contributed by atoms with Crippen LogP contribution in [0, 0.1) is 0 Å². The normalized spacial score (nSPS) is 12.9. The molecule has 20 heavy (non-hydrogen) atoms. The molecule has 0 aliphatic heterocycles. The molecule has 0 heterocycles. The highest BCUT2D eigenvalue weighted by Crippen LogP contribution is 2.24. The largest absolute Gasteiger partial charge is 0.378 e. The molecule has 0 saturated heterocycles. The van der Waals surface area contributed by atoms with E-state index in [0.717, 1.165) is 12.1 Å². The van der Waals surface area contributed by atoms with Crippen LogP contribution in [0.5, 0.6) is 0 Å². The Bertz CT molecular complexity index is 666. The second-order valence-electron chi connectivity index (χ2n) is 4.82. The van der Waals surface area contributed by atoms with E-state index in [0.29, 0.717) is 4.90 Å². The molecule has 2 aromatic carbocycles. The zero-order chi connectivity index (χ0) is 14.6. The Balaban J connectivity index is 2.25. The SMILES string of the molecule is CCC(Nc1cccc(S(C)(=O)=O)c1)c1ccccc1. The zero-order valence-corrected chi connectivity index (χ0v) is 12.5. The minimum atomic E-state index is -3.17. The summed E-state index contributed by atoms with van der Waals surface area (Å²) in [5.74, 6) is 0. The average Bonchev–Trinajstić information content (AvgIpc) is 2.45. The predicted octanol–water partition coefficient (Wildman–Crippen LogP) is 3.65. The van der Waals surface area contributed by atoms with Crippen LogP contribution in [0.25, 0.3) is 0 Å². The third-order valence-corrected chi connectivity index (χ3v) is 4.32. The highest BCUT2D eigenvalue weighted by molar-refractivity contribution is 7.90. The molecule has 1 unspecified atom stereocenters. The van der Waals surface area contributed by atoms with Gasteiger partial charge in [-0.05, 0) is 30.2 Å². The number of nitrogens with one attached hydrogen (secondary N) is 1. The molecule has 3 nitrogen and oxygen atoms in total. The van der Waals surface area contributed by atoms with E-state index in [-0.39, 0.29) is 6.04 Å². The van der Waals surface area contributed by atoms with Crippen molar-refractivity contribution in [3.63, 3.8) is 0 Å². The van der Waals surface area contributed by atoms with Crippen LogP contribution in [-0.4, -0.2) is 14.7 Å². The predicted molar refractivity (Wildman–Crippen MR) is 82.6 cm³/mol. The highest BCUT2D eigenvalue weighted by atomic mass is 32.2. The van der Waals surface area contributed by atoms with Crippen molar-refractivity contribution < 1.29 is 8.42 Å². The van der Waals surface area contributed by atoms with Gasteiger partial charge >= 0.3 is 0 Å². The Morgan fingerprint density at radius 1 is 1.05 bits per heavy atom. The van der Waals surface area contributed by atoms with Crippen LogP contribution in [0.2, 0.25) is 0 Å². The van der Waals surface area contributed by atoms with Gasteiger partial charge in [-0.3, -0.25) is 0 Å². The zero-order valence-electron chi connectivity index (χ0n) is 11.7. The van der Waals surface area contributed by atoms with Crippen LogP contribution >= 0.6 is 0 Å². The van der Waals surface area contributed by atoms with Crippen LogP contribution in [0.3, 0.4) is 0 Å². The van der Waals surface area contributed by atoms with Gasteiger partial charge in [-0.25, -0.2) is 8.42 Å². The maximum atomic E-state index is 11.6. The van der Waals surface area contributed by atoms with Gasteiger partial charge in [-0.1, -0.05) is 43.3 Å². The molecular formula is C16H19NO2S. The molecule has 1 atom stereocenters. The van der Waals surface area contributed by atoms with Gasteiger partial charge in [0.25, 0.3) is 0 Å². The molecule has 2 rings (SSSR count). The summed E-state index contributed by atoms with van der Waals surface area (Å²) >= 11 is 0. The molecule has 4 heteroatoms. The average molecular weight is 289 g/mol. The first-order chi connectivity index (χ1) is 9.50. The van der Waals surface area contributed by atoms with Crippen molar-refractivity contribution in [3.05, 3.63) is 60.2 Å². The van der Waals surface area contributed by atoms with Crippen LogP contribution in [0.4, 0.5) is 5.69 Å². The number of hydrogen-bond acceptors (Lipinski definition) is 3. The molecule has 106 valence electrons. The van der Waals surface area contributed by atoms with Gasteiger partial charge in [-0.15, -0.1) is 0 Å². The number of hydrogen-bond donors (Lipinski definition) is 1. The maximum Gasteiger partial charge on any atom is 0.175 e. The van der Waals surface area contributed by atoms with Crippen molar-refractivity contribution in [1.29, 1.82) is 0 Å².